The van der Waals surface area contributed by atoms with Crippen LogP contribution in [0.3, 0.4) is 0 Å². The maximum atomic E-state index is 4.56. The Morgan fingerprint density at radius 3 is 2.00 bits per heavy atom. The van der Waals surface area contributed by atoms with Crippen LogP contribution in [0.2, 0.25) is 0 Å². The molecule has 24 heavy (non-hydrogen) atoms. The Labute approximate surface area is 146 Å². The molecule has 5 heteroatoms. The number of anilines is 2. The standard InChI is InChI=1S/C19H31N5/c1-2-10-23(11-3-1)18-14-19(21-16-20-18)24-12-6-17(7-13-24)15-22-8-4-5-9-22/h14,16-17H,1-13,15H2. The number of rotatable bonds is 4. The summed E-state index contributed by atoms with van der Waals surface area (Å²) in [5.41, 5.74) is 0. The maximum absolute atomic E-state index is 4.56. The quantitative estimate of drug-likeness (QED) is 0.849. The first-order valence-corrected chi connectivity index (χ1v) is 9.93. The molecule has 0 aliphatic carbocycles. The first-order valence-electron chi connectivity index (χ1n) is 9.93. The van der Waals surface area contributed by atoms with E-state index < -0.39 is 0 Å². The number of hydrogen-bond donors (Lipinski definition) is 0. The predicted molar refractivity (Wildman–Crippen MR) is 98.7 cm³/mol. The molecule has 0 N–H and O–H groups in total. The summed E-state index contributed by atoms with van der Waals surface area (Å²) in [7, 11) is 0. The van der Waals surface area contributed by atoms with Crippen molar-refractivity contribution in [2.45, 2.75) is 44.9 Å². The lowest BCUT2D eigenvalue weighted by molar-refractivity contribution is 0.249. The predicted octanol–water partition coefficient (Wildman–Crippen LogP) is 2.78. The van der Waals surface area contributed by atoms with E-state index in [1.165, 1.54) is 64.6 Å². The van der Waals surface area contributed by atoms with Crippen molar-refractivity contribution in [3.63, 3.8) is 0 Å². The second-order valence-corrected chi connectivity index (χ2v) is 7.72. The lowest BCUT2D eigenvalue weighted by atomic mass is 9.96. The third-order valence-electron chi connectivity index (χ3n) is 5.97. The van der Waals surface area contributed by atoms with Gasteiger partial charge in [0.05, 0.1) is 0 Å². The number of piperidine rings is 2. The second kappa shape index (κ2) is 7.68. The van der Waals surface area contributed by atoms with Gasteiger partial charge < -0.3 is 14.7 Å². The smallest absolute Gasteiger partial charge is 0.134 e. The van der Waals surface area contributed by atoms with Gasteiger partial charge >= 0.3 is 0 Å². The zero-order chi connectivity index (χ0) is 16.2. The van der Waals surface area contributed by atoms with Gasteiger partial charge in [-0.1, -0.05) is 0 Å². The fourth-order valence-electron chi connectivity index (χ4n) is 4.48. The van der Waals surface area contributed by atoms with E-state index >= 15 is 0 Å². The average molecular weight is 329 g/mol. The summed E-state index contributed by atoms with van der Waals surface area (Å²) in [6.45, 7) is 8.56. The van der Waals surface area contributed by atoms with Crippen molar-refractivity contribution >= 4 is 11.6 Å². The number of nitrogens with zero attached hydrogens (tertiary/aromatic N) is 5. The maximum Gasteiger partial charge on any atom is 0.134 e. The van der Waals surface area contributed by atoms with Gasteiger partial charge in [-0.2, -0.15) is 0 Å². The summed E-state index contributed by atoms with van der Waals surface area (Å²) in [4.78, 5) is 16.6. The van der Waals surface area contributed by atoms with Crippen LogP contribution in [0.4, 0.5) is 11.6 Å². The molecular weight excluding hydrogens is 298 g/mol. The van der Waals surface area contributed by atoms with Crippen LogP contribution in [-0.2, 0) is 0 Å². The van der Waals surface area contributed by atoms with E-state index in [0.29, 0.717) is 0 Å². The highest BCUT2D eigenvalue weighted by molar-refractivity contribution is 5.50. The van der Waals surface area contributed by atoms with Gasteiger partial charge in [-0.25, -0.2) is 9.97 Å². The van der Waals surface area contributed by atoms with Crippen LogP contribution in [0.25, 0.3) is 0 Å². The van der Waals surface area contributed by atoms with Crippen LogP contribution in [0.1, 0.15) is 44.9 Å². The summed E-state index contributed by atoms with van der Waals surface area (Å²) >= 11 is 0. The summed E-state index contributed by atoms with van der Waals surface area (Å²) in [5, 5.41) is 0. The Morgan fingerprint density at radius 2 is 1.33 bits per heavy atom. The molecule has 4 heterocycles. The van der Waals surface area contributed by atoms with Gasteiger partial charge in [0.15, 0.2) is 0 Å². The van der Waals surface area contributed by atoms with E-state index in [0.717, 1.165) is 43.7 Å². The molecule has 3 aliphatic heterocycles. The van der Waals surface area contributed by atoms with Gasteiger partial charge in [0.1, 0.15) is 18.0 Å². The molecule has 1 aromatic heterocycles. The Bertz CT molecular complexity index is 514. The summed E-state index contributed by atoms with van der Waals surface area (Å²) in [5.74, 6) is 3.13. The van der Waals surface area contributed by atoms with Crippen molar-refractivity contribution in [3.05, 3.63) is 12.4 Å². The zero-order valence-corrected chi connectivity index (χ0v) is 14.9. The van der Waals surface area contributed by atoms with Gasteiger partial charge in [-0.15, -0.1) is 0 Å². The van der Waals surface area contributed by atoms with Gasteiger partial charge in [0, 0.05) is 38.8 Å². The molecular formula is C19H31N5. The van der Waals surface area contributed by atoms with Crippen LogP contribution in [0.5, 0.6) is 0 Å². The Morgan fingerprint density at radius 1 is 0.750 bits per heavy atom. The molecule has 3 saturated heterocycles. The van der Waals surface area contributed by atoms with Crippen LogP contribution >= 0.6 is 0 Å². The highest BCUT2D eigenvalue weighted by Gasteiger charge is 2.24. The molecule has 0 saturated carbocycles. The van der Waals surface area contributed by atoms with E-state index in [4.69, 9.17) is 0 Å². The highest BCUT2D eigenvalue weighted by atomic mass is 15.2. The van der Waals surface area contributed by atoms with E-state index in [9.17, 15) is 0 Å². The molecule has 0 radical (unpaired) electrons. The van der Waals surface area contributed by atoms with E-state index in [1.54, 1.807) is 6.33 Å². The molecule has 0 atom stereocenters. The normalized spacial score (nSPS) is 23.8. The topological polar surface area (TPSA) is 35.5 Å². The number of hydrogen-bond acceptors (Lipinski definition) is 5. The molecule has 132 valence electrons. The van der Waals surface area contributed by atoms with Crippen molar-refractivity contribution < 1.29 is 0 Å². The first kappa shape index (κ1) is 16.1. The largest absolute Gasteiger partial charge is 0.356 e. The van der Waals surface area contributed by atoms with Crippen molar-refractivity contribution in [3.8, 4) is 0 Å². The third-order valence-corrected chi connectivity index (χ3v) is 5.97. The fourth-order valence-corrected chi connectivity index (χ4v) is 4.48. The van der Waals surface area contributed by atoms with Crippen molar-refractivity contribution in [2.24, 2.45) is 5.92 Å². The zero-order valence-electron chi connectivity index (χ0n) is 14.9. The van der Waals surface area contributed by atoms with Gasteiger partial charge in [0.25, 0.3) is 0 Å². The minimum atomic E-state index is 0.878. The average Bonchev–Trinajstić information content (AvgIpc) is 3.16. The minimum Gasteiger partial charge on any atom is -0.356 e. The lowest BCUT2D eigenvalue weighted by Gasteiger charge is -2.35. The van der Waals surface area contributed by atoms with Gasteiger partial charge in [-0.05, 0) is 64.0 Å². The first-order chi connectivity index (χ1) is 11.9. The summed E-state index contributed by atoms with van der Waals surface area (Å²) < 4.78 is 0. The molecule has 3 fully saturated rings. The van der Waals surface area contributed by atoms with Crippen LogP contribution in [-0.4, -0.2) is 60.7 Å². The molecule has 0 bridgehead atoms. The molecule has 1 aromatic rings. The molecule has 0 unspecified atom stereocenters. The SMILES string of the molecule is c1nc(N2CCCCC2)cc(N2CCC(CN3CCCC3)CC2)n1. The molecule has 5 nitrogen and oxygen atoms in total. The molecule has 0 spiro atoms. The fraction of sp³-hybridized carbons (Fsp3) is 0.789. The van der Waals surface area contributed by atoms with Gasteiger partial charge in [0.2, 0.25) is 0 Å². The van der Waals surface area contributed by atoms with Crippen molar-refractivity contribution in [1.82, 2.24) is 14.9 Å². The van der Waals surface area contributed by atoms with Gasteiger partial charge in [-0.3, -0.25) is 0 Å². The van der Waals surface area contributed by atoms with Crippen molar-refractivity contribution in [1.29, 1.82) is 0 Å². The number of aromatic nitrogens is 2. The van der Waals surface area contributed by atoms with Crippen LogP contribution < -0.4 is 9.80 Å². The summed E-state index contributed by atoms with van der Waals surface area (Å²) in [6, 6.07) is 2.21. The molecule has 4 rings (SSSR count). The van der Waals surface area contributed by atoms with E-state index in [2.05, 4.69) is 30.7 Å². The highest BCUT2D eigenvalue weighted by Crippen LogP contribution is 2.26. The Kier molecular flexibility index (Phi) is 5.16. The van der Waals surface area contributed by atoms with Crippen molar-refractivity contribution in [2.75, 3.05) is 55.6 Å². The monoisotopic (exact) mass is 329 g/mol. The third kappa shape index (κ3) is 3.82. The number of likely N-dealkylation sites (tertiary alicyclic amines) is 1. The van der Waals surface area contributed by atoms with Crippen LogP contribution in [0, 0.1) is 5.92 Å². The molecule has 0 amide bonds. The minimum absolute atomic E-state index is 0.878. The van der Waals surface area contributed by atoms with Crippen LogP contribution in [0.15, 0.2) is 12.4 Å². The Balaban J connectivity index is 1.33. The second-order valence-electron chi connectivity index (χ2n) is 7.72. The molecule has 0 aromatic carbocycles. The molecule has 3 aliphatic rings. The lowest BCUT2D eigenvalue weighted by Crippen LogP contribution is -2.38. The Hall–Kier alpha value is -1.36. The summed E-state index contributed by atoms with van der Waals surface area (Å²) in [6.07, 6.45) is 11.1. The van der Waals surface area contributed by atoms with E-state index in [1.807, 2.05) is 0 Å². The van der Waals surface area contributed by atoms with E-state index in [-0.39, 0.29) is 0 Å².